The summed E-state index contributed by atoms with van der Waals surface area (Å²) in [5, 5.41) is 13.3. The van der Waals surface area contributed by atoms with E-state index in [1.165, 1.54) is 4.90 Å². The Labute approximate surface area is 283 Å². The van der Waals surface area contributed by atoms with Crippen LogP contribution in [0.5, 0.6) is 0 Å². The maximum atomic E-state index is 14.8. The number of carbonyl (C=O) groups is 4. The topological polar surface area (TPSA) is 138 Å². The number of fused-ring (bicyclic) bond motifs is 2. The number of likely N-dealkylation sites (tertiary alicyclic amines) is 1. The van der Waals surface area contributed by atoms with E-state index in [-0.39, 0.29) is 37.9 Å². The fraction of sp³-hybridized carbons (Fsp3) is 0.588. The van der Waals surface area contributed by atoms with Crippen LogP contribution >= 0.6 is 15.9 Å². The number of morpholine rings is 1. The third-order valence-electron chi connectivity index (χ3n) is 9.99. The Morgan fingerprint density at radius 2 is 1.83 bits per heavy atom. The molecule has 5 heterocycles. The molecule has 13 heteroatoms. The molecule has 2 N–H and O–H groups in total. The number of aliphatic hydroxyl groups excluding tert-OH is 1. The summed E-state index contributed by atoms with van der Waals surface area (Å²) in [6, 6.07) is 7.38. The number of aliphatic hydroxyl groups is 1. The average Bonchev–Trinajstić information content (AvgIpc) is 3.68. The Bertz CT molecular complexity index is 1400. The first-order valence-corrected chi connectivity index (χ1v) is 17.3. The number of hydrogen-bond donors (Lipinski definition) is 2. The predicted octanol–water partition coefficient (Wildman–Crippen LogP) is 1.54. The number of cyclic esters (lactones) is 1. The molecule has 6 rings (SSSR count). The number of nitrogens with zero attached hydrogens (tertiary/aromatic N) is 3. The molecule has 3 fully saturated rings. The minimum Gasteiger partial charge on any atom is -0.455 e. The van der Waals surface area contributed by atoms with Crippen molar-refractivity contribution in [1.82, 2.24) is 20.0 Å². The van der Waals surface area contributed by atoms with Gasteiger partial charge in [-0.15, -0.1) is 0 Å². The highest BCUT2D eigenvalue weighted by atomic mass is 79.9. The molecule has 0 saturated carbocycles. The van der Waals surface area contributed by atoms with Crippen molar-refractivity contribution in [3.05, 3.63) is 58.6 Å². The first-order chi connectivity index (χ1) is 22.8. The van der Waals surface area contributed by atoms with Crippen molar-refractivity contribution in [2.75, 3.05) is 59.1 Å². The molecule has 3 saturated heterocycles. The molecule has 3 amide bonds. The van der Waals surface area contributed by atoms with Gasteiger partial charge in [-0.1, -0.05) is 65.3 Å². The largest absolute Gasteiger partial charge is 0.455 e. The van der Waals surface area contributed by atoms with E-state index in [9.17, 15) is 24.3 Å². The molecule has 0 aliphatic carbocycles. The number of halogens is 1. The summed E-state index contributed by atoms with van der Waals surface area (Å²) in [5.74, 6) is -3.65. The van der Waals surface area contributed by atoms with E-state index in [0.29, 0.717) is 49.2 Å². The van der Waals surface area contributed by atoms with Crippen LogP contribution in [-0.2, 0) is 33.4 Å². The SMILES string of the molecule is CC[C@@H](CO)N1C(=O)[C@@H]2[C@H]3C(=O)O[C@@H](c4ccccc4)CNC(=O)CC/C=C\CN(CCN4CCOCC4)C(=O)[C@@H]1[C@]21C=C(Br)[C@H]3O1. The smallest absolute Gasteiger partial charge is 0.313 e. The van der Waals surface area contributed by atoms with Crippen LogP contribution in [-0.4, -0.2) is 126 Å². The Balaban J connectivity index is 1.40. The van der Waals surface area contributed by atoms with Crippen LogP contribution in [0.1, 0.15) is 37.9 Å². The Hall–Kier alpha value is -3.10. The highest BCUT2D eigenvalue weighted by Gasteiger charge is 2.75. The van der Waals surface area contributed by atoms with Crippen LogP contribution < -0.4 is 5.32 Å². The second kappa shape index (κ2) is 14.6. The zero-order valence-corrected chi connectivity index (χ0v) is 28.2. The second-order valence-corrected chi connectivity index (χ2v) is 13.6. The highest BCUT2D eigenvalue weighted by molar-refractivity contribution is 9.11. The monoisotopic (exact) mass is 714 g/mol. The molecule has 47 heavy (non-hydrogen) atoms. The zero-order chi connectivity index (χ0) is 33.1. The summed E-state index contributed by atoms with van der Waals surface area (Å²) < 4.78 is 18.8. The fourth-order valence-corrected chi connectivity index (χ4v) is 8.24. The molecule has 5 aliphatic heterocycles. The van der Waals surface area contributed by atoms with E-state index < -0.39 is 53.6 Å². The van der Waals surface area contributed by atoms with Gasteiger partial charge in [0, 0.05) is 43.6 Å². The van der Waals surface area contributed by atoms with Gasteiger partial charge in [-0.05, 0) is 24.5 Å². The summed E-state index contributed by atoms with van der Waals surface area (Å²) in [7, 11) is 0. The Kier molecular flexibility index (Phi) is 10.5. The Morgan fingerprint density at radius 3 is 2.55 bits per heavy atom. The van der Waals surface area contributed by atoms with Crippen molar-refractivity contribution in [3.63, 3.8) is 0 Å². The molecule has 1 aromatic rings. The van der Waals surface area contributed by atoms with Gasteiger partial charge in [0.1, 0.15) is 29.8 Å². The van der Waals surface area contributed by atoms with E-state index in [4.69, 9.17) is 14.2 Å². The molecule has 12 nitrogen and oxygen atoms in total. The number of allylic oxidation sites excluding steroid dienone is 1. The van der Waals surface area contributed by atoms with Crippen molar-refractivity contribution < 1.29 is 38.5 Å². The summed E-state index contributed by atoms with van der Waals surface area (Å²) in [5.41, 5.74) is -0.739. The molecule has 0 unspecified atom stereocenters. The van der Waals surface area contributed by atoms with Gasteiger partial charge in [-0.3, -0.25) is 24.1 Å². The van der Waals surface area contributed by atoms with Crippen molar-refractivity contribution in [3.8, 4) is 0 Å². The van der Waals surface area contributed by atoms with Crippen LogP contribution in [0.3, 0.4) is 0 Å². The average molecular weight is 716 g/mol. The van der Waals surface area contributed by atoms with Crippen LogP contribution in [0, 0.1) is 11.8 Å². The number of nitrogens with one attached hydrogen (secondary N) is 1. The third kappa shape index (κ3) is 6.52. The van der Waals surface area contributed by atoms with Gasteiger partial charge >= 0.3 is 5.97 Å². The van der Waals surface area contributed by atoms with Crippen molar-refractivity contribution >= 4 is 39.6 Å². The van der Waals surface area contributed by atoms with Gasteiger partial charge in [0.25, 0.3) is 0 Å². The number of carbonyl (C=O) groups excluding carboxylic acids is 4. The summed E-state index contributed by atoms with van der Waals surface area (Å²) >= 11 is 3.59. The maximum Gasteiger partial charge on any atom is 0.313 e. The van der Waals surface area contributed by atoms with E-state index in [1.54, 1.807) is 11.0 Å². The number of amides is 3. The first-order valence-electron chi connectivity index (χ1n) is 16.5. The lowest BCUT2D eigenvalue weighted by atomic mass is 9.74. The lowest BCUT2D eigenvalue weighted by molar-refractivity contribution is -0.160. The number of rotatable bonds is 7. The lowest BCUT2D eigenvalue weighted by Crippen LogP contribution is -2.59. The number of hydrogen-bond acceptors (Lipinski definition) is 9. The quantitative estimate of drug-likeness (QED) is 0.318. The van der Waals surface area contributed by atoms with Gasteiger partial charge in [0.2, 0.25) is 17.7 Å². The molecule has 254 valence electrons. The Morgan fingerprint density at radius 1 is 1.06 bits per heavy atom. The van der Waals surface area contributed by atoms with E-state index in [1.807, 2.05) is 49.4 Å². The van der Waals surface area contributed by atoms with Crippen molar-refractivity contribution in [2.45, 2.75) is 56.1 Å². The van der Waals surface area contributed by atoms with Gasteiger partial charge in [-0.2, -0.15) is 0 Å². The molecule has 1 aromatic carbocycles. The first kappa shape index (κ1) is 33.8. The predicted molar refractivity (Wildman–Crippen MR) is 174 cm³/mol. The van der Waals surface area contributed by atoms with Gasteiger partial charge in [0.15, 0.2) is 0 Å². The van der Waals surface area contributed by atoms with Crippen LogP contribution in [0.2, 0.25) is 0 Å². The number of ether oxygens (including phenoxy) is 3. The summed E-state index contributed by atoms with van der Waals surface area (Å²) in [4.78, 5) is 61.7. The maximum absolute atomic E-state index is 14.8. The minimum absolute atomic E-state index is 0.0578. The second-order valence-electron chi connectivity index (χ2n) is 12.7. The van der Waals surface area contributed by atoms with Crippen LogP contribution in [0.4, 0.5) is 0 Å². The molecular formula is C34H43BrN4O8. The van der Waals surface area contributed by atoms with Crippen LogP contribution in [0.25, 0.3) is 0 Å². The molecule has 0 radical (unpaired) electrons. The lowest BCUT2D eigenvalue weighted by Gasteiger charge is -2.39. The molecule has 5 bridgehead atoms. The molecule has 0 aromatic heterocycles. The minimum atomic E-state index is -1.44. The number of benzene rings is 1. The van der Waals surface area contributed by atoms with Gasteiger partial charge < -0.3 is 34.4 Å². The normalized spacial score (nSPS) is 33.3. The van der Waals surface area contributed by atoms with Crippen LogP contribution in [0.15, 0.2) is 53.0 Å². The molecule has 1 spiro atoms. The highest BCUT2D eigenvalue weighted by Crippen LogP contribution is 2.59. The van der Waals surface area contributed by atoms with Crippen molar-refractivity contribution in [1.29, 1.82) is 0 Å². The van der Waals surface area contributed by atoms with E-state index >= 15 is 0 Å². The number of esters is 1. The standard InChI is InChI=1S/C34H43BrN4O8/c1-2-23(21-40)39-30-32(43)38(14-13-37-15-17-45-18-16-37)12-8-4-7-11-26(41)36-20-25(22-9-5-3-6-10-22)46-33(44)27-28(31(39)42)34(30)19-24(35)29(27)47-34/h3-6,8-10,19,23,25,27-30,40H,2,7,11-18,20-21H2,1H3,(H,36,41)/b8-4-/t23-,25+,27+,28-,29+,30+,34-/m0/s1. The molecular weight excluding hydrogens is 672 g/mol. The van der Waals surface area contributed by atoms with Gasteiger partial charge in [0.05, 0.1) is 38.3 Å². The van der Waals surface area contributed by atoms with Gasteiger partial charge in [-0.25, -0.2) is 0 Å². The van der Waals surface area contributed by atoms with Crippen molar-refractivity contribution in [2.24, 2.45) is 11.8 Å². The van der Waals surface area contributed by atoms with E-state index in [0.717, 1.165) is 13.1 Å². The third-order valence-corrected chi connectivity index (χ3v) is 10.7. The fourth-order valence-electron chi connectivity index (χ4n) is 7.51. The summed E-state index contributed by atoms with van der Waals surface area (Å²) in [6.07, 6.45) is 4.99. The molecule has 7 atom stereocenters. The molecule has 5 aliphatic rings. The van der Waals surface area contributed by atoms with E-state index in [2.05, 4.69) is 26.1 Å². The summed E-state index contributed by atoms with van der Waals surface area (Å²) in [6.45, 7) is 5.57. The zero-order valence-electron chi connectivity index (χ0n) is 26.6.